The van der Waals surface area contributed by atoms with E-state index in [1.54, 1.807) is 13.8 Å². The molecule has 1 aromatic carbocycles. The number of hydrogen-bond acceptors (Lipinski definition) is 2. The smallest absolute Gasteiger partial charge is 0.307 e. The molecule has 1 amide bonds. The highest BCUT2D eigenvalue weighted by Gasteiger charge is 2.65. The Morgan fingerprint density at radius 1 is 1.37 bits per heavy atom. The van der Waals surface area contributed by atoms with Crippen molar-refractivity contribution in [3.05, 3.63) is 27.6 Å². The minimum absolute atomic E-state index is 0.332. The highest BCUT2D eigenvalue weighted by atomic mass is 127. The van der Waals surface area contributed by atoms with Gasteiger partial charge in [0.25, 0.3) is 0 Å². The van der Waals surface area contributed by atoms with Crippen molar-refractivity contribution in [2.24, 2.45) is 17.3 Å². The van der Waals surface area contributed by atoms with Crippen molar-refractivity contribution in [3.8, 4) is 0 Å². The van der Waals surface area contributed by atoms with Crippen molar-refractivity contribution in [1.82, 2.24) is 0 Å². The number of aliphatic carboxylic acids is 1. The van der Waals surface area contributed by atoms with Gasteiger partial charge in [-0.25, -0.2) is 4.39 Å². The van der Waals surface area contributed by atoms with Crippen molar-refractivity contribution < 1.29 is 19.1 Å². The second-order valence-electron chi connectivity index (χ2n) is 5.23. The van der Waals surface area contributed by atoms with E-state index in [0.29, 0.717) is 9.26 Å². The summed E-state index contributed by atoms with van der Waals surface area (Å²) in [5, 5.41) is 11.7. The number of amides is 1. The van der Waals surface area contributed by atoms with Crippen molar-refractivity contribution in [2.75, 3.05) is 5.32 Å². The Kier molecular flexibility index (Phi) is 3.55. The molecule has 0 saturated heterocycles. The van der Waals surface area contributed by atoms with Gasteiger partial charge in [0, 0.05) is 3.57 Å². The number of anilines is 1. The van der Waals surface area contributed by atoms with E-state index in [1.165, 1.54) is 18.2 Å². The van der Waals surface area contributed by atoms with Crippen LogP contribution in [0.25, 0.3) is 0 Å². The van der Waals surface area contributed by atoms with Gasteiger partial charge in [-0.15, -0.1) is 0 Å². The fourth-order valence-electron chi connectivity index (χ4n) is 2.39. The predicted octanol–water partition coefficient (Wildman–Crippen LogP) is 2.73. The molecule has 2 atom stereocenters. The van der Waals surface area contributed by atoms with Gasteiger partial charge in [0.2, 0.25) is 5.91 Å². The van der Waals surface area contributed by atoms with E-state index >= 15 is 0 Å². The molecule has 0 bridgehead atoms. The number of carboxylic acids is 1. The van der Waals surface area contributed by atoms with Crippen LogP contribution in [0.1, 0.15) is 13.8 Å². The summed E-state index contributed by atoms with van der Waals surface area (Å²) in [7, 11) is 0. The molecule has 1 fully saturated rings. The largest absolute Gasteiger partial charge is 0.481 e. The van der Waals surface area contributed by atoms with Crippen LogP contribution < -0.4 is 5.32 Å². The molecule has 2 N–H and O–H groups in total. The molecular formula is C13H13FINO3. The first-order chi connectivity index (χ1) is 8.75. The van der Waals surface area contributed by atoms with E-state index < -0.39 is 23.2 Å². The maximum absolute atomic E-state index is 13.0. The first kappa shape index (κ1) is 14.2. The van der Waals surface area contributed by atoms with Crippen LogP contribution >= 0.6 is 22.6 Å². The lowest BCUT2D eigenvalue weighted by Gasteiger charge is -2.08. The second kappa shape index (κ2) is 4.73. The summed E-state index contributed by atoms with van der Waals surface area (Å²) in [6, 6.07) is 4.04. The number of benzene rings is 1. The summed E-state index contributed by atoms with van der Waals surface area (Å²) in [6.07, 6.45) is 0. The quantitative estimate of drug-likeness (QED) is 0.797. The number of hydrogen-bond donors (Lipinski definition) is 2. The van der Waals surface area contributed by atoms with E-state index in [1.807, 2.05) is 22.6 Å². The third kappa shape index (κ3) is 2.58. The highest BCUT2D eigenvalue weighted by molar-refractivity contribution is 14.1. The normalized spacial score (nSPS) is 23.8. The molecule has 0 aliphatic heterocycles. The fraction of sp³-hybridized carbons (Fsp3) is 0.385. The summed E-state index contributed by atoms with van der Waals surface area (Å²) < 4.78 is 13.5. The Morgan fingerprint density at radius 2 is 2.00 bits per heavy atom. The molecule has 0 aromatic heterocycles. The van der Waals surface area contributed by atoms with Gasteiger partial charge in [0.05, 0.1) is 17.5 Å². The minimum Gasteiger partial charge on any atom is -0.481 e. The SMILES string of the molecule is CC1(C)[C@H](C(=O)O)[C@@H]1C(=O)Nc1ccc(F)cc1I. The van der Waals surface area contributed by atoms with Crippen LogP contribution in [0, 0.1) is 26.6 Å². The summed E-state index contributed by atoms with van der Waals surface area (Å²) in [6.45, 7) is 3.51. The van der Waals surface area contributed by atoms with Crippen molar-refractivity contribution in [2.45, 2.75) is 13.8 Å². The van der Waals surface area contributed by atoms with Crippen molar-refractivity contribution in [3.63, 3.8) is 0 Å². The van der Waals surface area contributed by atoms with Gasteiger partial charge in [0.1, 0.15) is 5.82 Å². The zero-order valence-electron chi connectivity index (χ0n) is 10.4. The zero-order chi connectivity index (χ0) is 14.4. The molecule has 1 saturated carbocycles. The van der Waals surface area contributed by atoms with Gasteiger partial charge in [-0.05, 0) is 46.2 Å². The molecule has 4 nitrogen and oxygen atoms in total. The van der Waals surface area contributed by atoms with Gasteiger partial charge in [-0.1, -0.05) is 13.8 Å². The first-order valence-corrected chi connectivity index (χ1v) is 6.81. The lowest BCUT2D eigenvalue weighted by atomic mass is 10.1. The fourth-order valence-corrected chi connectivity index (χ4v) is 3.00. The monoisotopic (exact) mass is 377 g/mol. The predicted molar refractivity (Wildman–Crippen MR) is 76.1 cm³/mol. The molecule has 6 heteroatoms. The third-order valence-electron chi connectivity index (χ3n) is 3.56. The van der Waals surface area contributed by atoms with Crippen molar-refractivity contribution >= 4 is 40.2 Å². The van der Waals surface area contributed by atoms with Crippen LogP contribution in [-0.4, -0.2) is 17.0 Å². The number of rotatable bonds is 3. The van der Waals surface area contributed by atoms with E-state index in [0.717, 1.165) is 0 Å². The lowest BCUT2D eigenvalue weighted by molar-refractivity contribution is -0.140. The Hall–Kier alpha value is -1.18. The maximum Gasteiger partial charge on any atom is 0.307 e. The number of carbonyl (C=O) groups excluding carboxylic acids is 1. The average molecular weight is 377 g/mol. The van der Waals surface area contributed by atoms with Crippen LogP contribution in [0.2, 0.25) is 0 Å². The summed E-state index contributed by atoms with van der Waals surface area (Å²) in [4.78, 5) is 23.1. The van der Waals surface area contributed by atoms with E-state index in [9.17, 15) is 14.0 Å². The molecule has 1 aliphatic carbocycles. The topological polar surface area (TPSA) is 66.4 Å². The van der Waals surface area contributed by atoms with E-state index in [4.69, 9.17) is 5.11 Å². The van der Waals surface area contributed by atoms with Gasteiger partial charge < -0.3 is 10.4 Å². The number of carboxylic acid groups (broad SMARTS) is 1. The summed E-state index contributed by atoms with van der Waals surface area (Å²) in [5.74, 6) is -2.88. The molecule has 0 unspecified atom stereocenters. The Labute approximate surface area is 123 Å². The summed E-state index contributed by atoms with van der Waals surface area (Å²) >= 11 is 1.92. The molecule has 0 heterocycles. The van der Waals surface area contributed by atoms with Crippen LogP contribution in [0.4, 0.5) is 10.1 Å². The Balaban J connectivity index is 2.13. The van der Waals surface area contributed by atoms with E-state index in [2.05, 4.69) is 5.32 Å². The third-order valence-corrected chi connectivity index (χ3v) is 4.46. The van der Waals surface area contributed by atoms with Crippen LogP contribution in [-0.2, 0) is 9.59 Å². The zero-order valence-corrected chi connectivity index (χ0v) is 12.6. The first-order valence-electron chi connectivity index (χ1n) is 5.74. The average Bonchev–Trinajstić information content (AvgIpc) is 2.86. The van der Waals surface area contributed by atoms with Crippen LogP contribution in [0.3, 0.4) is 0 Å². The van der Waals surface area contributed by atoms with Crippen LogP contribution in [0.15, 0.2) is 18.2 Å². The van der Waals surface area contributed by atoms with E-state index in [-0.39, 0.29) is 11.7 Å². The number of nitrogens with one attached hydrogen (secondary N) is 1. The molecule has 0 radical (unpaired) electrons. The maximum atomic E-state index is 13.0. The summed E-state index contributed by atoms with van der Waals surface area (Å²) in [5.41, 5.74) is -0.0414. The molecule has 2 rings (SSSR count). The number of halogens is 2. The van der Waals surface area contributed by atoms with Crippen molar-refractivity contribution in [1.29, 1.82) is 0 Å². The molecule has 1 aromatic rings. The second-order valence-corrected chi connectivity index (χ2v) is 6.39. The van der Waals surface area contributed by atoms with Gasteiger partial charge >= 0.3 is 5.97 Å². The molecule has 0 spiro atoms. The Bertz CT molecular complexity index is 559. The lowest BCUT2D eigenvalue weighted by Crippen LogP contribution is -2.18. The highest BCUT2D eigenvalue weighted by Crippen LogP contribution is 2.58. The number of carbonyl (C=O) groups is 2. The van der Waals surface area contributed by atoms with Crippen LogP contribution in [0.5, 0.6) is 0 Å². The minimum atomic E-state index is -0.959. The van der Waals surface area contributed by atoms with Gasteiger partial charge in [-0.3, -0.25) is 9.59 Å². The Morgan fingerprint density at radius 3 is 2.47 bits per heavy atom. The van der Waals surface area contributed by atoms with Gasteiger partial charge in [-0.2, -0.15) is 0 Å². The molecule has 19 heavy (non-hydrogen) atoms. The molecule has 1 aliphatic rings. The molecule has 102 valence electrons. The standard InChI is InChI=1S/C13H13FINO3/c1-13(2)9(10(13)12(18)19)11(17)16-8-4-3-6(14)5-7(8)15/h3-5,9-10H,1-2H3,(H,16,17)(H,18,19)/t9-,10+/m1/s1. The van der Waals surface area contributed by atoms with Gasteiger partial charge in [0.15, 0.2) is 0 Å². The molecular weight excluding hydrogens is 364 g/mol.